The highest BCUT2D eigenvalue weighted by Gasteiger charge is 2.19. The molecule has 4 rings (SSSR count). The molecule has 0 aliphatic carbocycles. The molecule has 0 saturated carbocycles. The van der Waals surface area contributed by atoms with E-state index in [1.807, 2.05) is 13.0 Å². The Bertz CT molecular complexity index is 1410. The van der Waals surface area contributed by atoms with Crippen molar-refractivity contribution in [3.63, 3.8) is 0 Å². The van der Waals surface area contributed by atoms with E-state index in [9.17, 15) is 13.2 Å². The Kier molecular flexibility index (Phi) is 4.78. The van der Waals surface area contributed by atoms with Gasteiger partial charge in [0.1, 0.15) is 11.3 Å². The topological polar surface area (TPSA) is 90.4 Å². The number of halogens is 1. The van der Waals surface area contributed by atoms with Gasteiger partial charge in [-0.05, 0) is 66.6 Å². The van der Waals surface area contributed by atoms with Crippen molar-refractivity contribution >= 4 is 32.6 Å². The Labute approximate surface area is 172 Å². The molecule has 4 aromatic rings. The minimum absolute atomic E-state index is 0.0201. The Morgan fingerprint density at radius 3 is 2.24 bits per heavy atom. The van der Waals surface area contributed by atoms with Crippen molar-refractivity contribution in [3.05, 3.63) is 87.5 Å². The lowest BCUT2D eigenvalue weighted by atomic mass is 9.97. The van der Waals surface area contributed by atoms with Crippen LogP contribution in [0.25, 0.3) is 33.4 Å². The molecule has 5 nitrogen and oxygen atoms in total. The number of primary sulfonamides is 1. The molecule has 0 fully saturated rings. The molecule has 29 heavy (non-hydrogen) atoms. The maximum atomic E-state index is 13.3. The zero-order valence-electron chi connectivity index (χ0n) is 15.3. The fourth-order valence-electron chi connectivity index (χ4n) is 3.20. The molecule has 1 aromatic heterocycles. The minimum atomic E-state index is -3.82. The second-order valence-electron chi connectivity index (χ2n) is 6.66. The molecule has 0 radical (unpaired) electrons. The highest BCUT2D eigenvalue weighted by atomic mass is 35.5. The van der Waals surface area contributed by atoms with Gasteiger partial charge in [0.05, 0.1) is 15.8 Å². The molecule has 0 aliphatic heterocycles. The summed E-state index contributed by atoms with van der Waals surface area (Å²) in [4.78, 5) is 13.3. The smallest absolute Gasteiger partial charge is 0.238 e. The van der Waals surface area contributed by atoms with Gasteiger partial charge in [-0.25, -0.2) is 13.6 Å². The highest BCUT2D eigenvalue weighted by molar-refractivity contribution is 7.89. The SMILES string of the molecule is Cc1cc(-c2c(-c3ccc(S(N)(=O)=O)cc3)oc3ccccc3c2=O)ccc1Cl. The van der Waals surface area contributed by atoms with Gasteiger partial charge in [-0.1, -0.05) is 29.8 Å². The van der Waals surface area contributed by atoms with Crippen molar-refractivity contribution < 1.29 is 12.8 Å². The third-order valence-corrected chi connectivity index (χ3v) is 6.04. The first-order chi connectivity index (χ1) is 13.8. The van der Waals surface area contributed by atoms with E-state index in [0.29, 0.717) is 38.4 Å². The van der Waals surface area contributed by atoms with Crippen molar-refractivity contribution in [2.45, 2.75) is 11.8 Å². The maximum absolute atomic E-state index is 13.3. The molecule has 0 saturated heterocycles. The van der Waals surface area contributed by atoms with Gasteiger partial charge in [0.2, 0.25) is 15.5 Å². The molecule has 3 aromatic carbocycles. The average Bonchev–Trinajstić information content (AvgIpc) is 2.70. The van der Waals surface area contributed by atoms with E-state index in [2.05, 4.69) is 0 Å². The molecule has 146 valence electrons. The molecule has 0 atom stereocenters. The first kappa shape index (κ1) is 19.4. The fourth-order valence-corrected chi connectivity index (χ4v) is 3.84. The summed E-state index contributed by atoms with van der Waals surface area (Å²) >= 11 is 6.15. The summed E-state index contributed by atoms with van der Waals surface area (Å²) in [5.74, 6) is 0.344. The number of rotatable bonds is 3. The molecule has 2 N–H and O–H groups in total. The van der Waals surface area contributed by atoms with Crippen LogP contribution in [0.15, 0.2) is 80.8 Å². The highest BCUT2D eigenvalue weighted by Crippen LogP contribution is 2.34. The number of hydrogen-bond donors (Lipinski definition) is 1. The van der Waals surface area contributed by atoms with Crippen LogP contribution >= 0.6 is 11.6 Å². The second-order valence-corrected chi connectivity index (χ2v) is 8.63. The fraction of sp³-hybridized carbons (Fsp3) is 0.0455. The Balaban J connectivity index is 2.04. The van der Waals surface area contributed by atoms with Crippen LogP contribution in [0.2, 0.25) is 5.02 Å². The van der Waals surface area contributed by atoms with Crippen molar-refractivity contribution in [2.24, 2.45) is 5.14 Å². The number of para-hydroxylation sites is 1. The van der Waals surface area contributed by atoms with Gasteiger partial charge in [-0.2, -0.15) is 0 Å². The predicted molar refractivity (Wildman–Crippen MR) is 114 cm³/mol. The monoisotopic (exact) mass is 425 g/mol. The average molecular weight is 426 g/mol. The molecular formula is C22H16ClNO4S. The van der Waals surface area contributed by atoms with Gasteiger partial charge in [-0.3, -0.25) is 4.79 Å². The summed E-state index contributed by atoms with van der Waals surface area (Å²) in [6, 6.07) is 18.2. The first-order valence-corrected chi connectivity index (χ1v) is 10.6. The first-order valence-electron chi connectivity index (χ1n) is 8.71. The summed E-state index contributed by atoms with van der Waals surface area (Å²) in [6.45, 7) is 1.86. The lowest BCUT2D eigenvalue weighted by Gasteiger charge is -2.12. The summed E-state index contributed by atoms with van der Waals surface area (Å²) in [5, 5.41) is 6.24. The number of hydrogen-bond acceptors (Lipinski definition) is 4. The molecule has 0 aliphatic rings. The molecule has 0 bridgehead atoms. The lowest BCUT2D eigenvalue weighted by molar-refractivity contribution is 0.597. The predicted octanol–water partition coefficient (Wildman–Crippen LogP) is 4.74. The van der Waals surface area contributed by atoms with Crippen molar-refractivity contribution in [1.29, 1.82) is 0 Å². The van der Waals surface area contributed by atoms with Gasteiger partial charge < -0.3 is 4.42 Å². The van der Waals surface area contributed by atoms with Crippen LogP contribution in [0.4, 0.5) is 0 Å². The molecule has 1 heterocycles. The van der Waals surface area contributed by atoms with E-state index in [1.165, 1.54) is 12.1 Å². The van der Waals surface area contributed by atoms with Crippen LogP contribution < -0.4 is 10.6 Å². The van der Waals surface area contributed by atoms with Gasteiger partial charge >= 0.3 is 0 Å². The molecule has 7 heteroatoms. The van der Waals surface area contributed by atoms with E-state index in [1.54, 1.807) is 48.5 Å². The molecular weight excluding hydrogens is 410 g/mol. The van der Waals surface area contributed by atoms with E-state index < -0.39 is 10.0 Å². The number of nitrogens with two attached hydrogens (primary N) is 1. The number of benzene rings is 3. The van der Waals surface area contributed by atoms with Gasteiger partial charge in [0.25, 0.3) is 0 Å². The van der Waals surface area contributed by atoms with Crippen LogP contribution in [0, 0.1) is 6.92 Å². The molecule has 0 amide bonds. The van der Waals surface area contributed by atoms with Crippen molar-refractivity contribution in [2.75, 3.05) is 0 Å². The van der Waals surface area contributed by atoms with Gasteiger partial charge in [0.15, 0.2) is 0 Å². The summed E-state index contributed by atoms with van der Waals surface area (Å²) in [6.07, 6.45) is 0. The largest absolute Gasteiger partial charge is 0.455 e. The van der Waals surface area contributed by atoms with Crippen LogP contribution in [0.1, 0.15) is 5.56 Å². The Morgan fingerprint density at radius 1 is 0.931 bits per heavy atom. The van der Waals surface area contributed by atoms with Crippen molar-refractivity contribution in [3.8, 4) is 22.5 Å². The molecule has 0 unspecified atom stereocenters. The van der Waals surface area contributed by atoms with E-state index in [4.69, 9.17) is 21.2 Å². The zero-order valence-corrected chi connectivity index (χ0v) is 16.9. The maximum Gasteiger partial charge on any atom is 0.238 e. The lowest BCUT2D eigenvalue weighted by Crippen LogP contribution is -2.12. The standard InChI is InChI=1S/C22H16ClNO4S/c1-13-12-15(8-11-18(13)23)20-21(25)17-4-2-3-5-19(17)28-22(20)14-6-9-16(10-7-14)29(24,26)27/h2-12H,1H3,(H2,24,26,27). The van der Waals surface area contributed by atoms with E-state index in [0.717, 1.165) is 5.56 Å². The third-order valence-electron chi connectivity index (χ3n) is 4.69. The zero-order chi connectivity index (χ0) is 20.8. The van der Waals surface area contributed by atoms with E-state index >= 15 is 0 Å². The van der Waals surface area contributed by atoms with Gasteiger partial charge in [0, 0.05) is 10.6 Å². The van der Waals surface area contributed by atoms with Gasteiger partial charge in [-0.15, -0.1) is 0 Å². The number of sulfonamides is 1. The Hall–Kier alpha value is -2.93. The van der Waals surface area contributed by atoms with Crippen LogP contribution in [0.3, 0.4) is 0 Å². The molecule has 0 spiro atoms. The second kappa shape index (κ2) is 7.15. The normalized spacial score (nSPS) is 11.7. The van der Waals surface area contributed by atoms with Crippen LogP contribution in [-0.4, -0.2) is 8.42 Å². The van der Waals surface area contributed by atoms with E-state index in [-0.39, 0.29) is 10.3 Å². The van der Waals surface area contributed by atoms with Crippen LogP contribution in [0.5, 0.6) is 0 Å². The summed E-state index contributed by atoms with van der Waals surface area (Å²) < 4.78 is 29.2. The number of fused-ring (bicyclic) bond motifs is 1. The number of aryl methyl sites for hydroxylation is 1. The van der Waals surface area contributed by atoms with Crippen LogP contribution in [-0.2, 0) is 10.0 Å². The summed E-state index contributed by atoms with van der Waals surface area (Å²) in [5.41, 5.74) is 2.69. The quantitative estimate of drug-likeness (QED) is 0.513. The van der Waals surface area contributed by atoms with Crippen molar-refractivity contribution in [1.82, 2.24) is 0 Å². The summed E-state index contributed by atoms with van der Waals surface area (Å²) in [7, 11) is -3.82. The third kappa shape index (κ3) is 3.58. The minimum Gasteiger partial charge on any atom is -0.455 e. The Morgan fingerprint density at radius 2 is 1.59 bits per heavy atom.